The number of aliphatic hydroxyl groups is 1. The molecular weight excluding hydrogens is 394 g/mol. The van der Waals surface area contributed by atoms with Gasteiger partial charge in [0.25, 0.3) is 0 Å². The Bertz CT molecular complexity index is 1180. The zero-order valence-electron chi connectivity index (χ0n) is 16.8. The van der Waals surface area contributed by atoms with Gasteiger partial charge in [-0.15, -0.1) is 0 Å². The molecule has 0 bridgehead atoms. The van der Waals surface area contributed by atoms with Crippen LogP contribution in [0, 0.1) is 0 Å². The second kappa shape index (κ2) is 8.93. The molecule has 0 saturated heterocycles. The second-order valence-corrected chi connectivity index (χ2v) is 7.40. The molecule has 4 aromatic rings. The van der Waals surface area contributed by atoms with E-state index < -0.39 is 12.1 Å². The zero-order valence-corrected chi connectivity index (χ0v) is 16.8. The van der Waals surface area contributed by atoms with E-state index in [2.05, 4.69) is 0 Å². The van der Waals surface area contributed by atoms with E-state index in [4.69, 9.17) is 4.74 Å². The predicted octanol–water partition coefficient (Wildman–Crippen LogP) is 3.86. The number of aromatic hydroxyl groups is 2. The van der Waals surface area contributed by atoms with Crippen LogP contribution in [-0.4, -0.2) is 38.6 Å². The van der Waals surface area contributed by atoms with Crippen LogP contribution >= 0.6 is 0 Å². The van der Waals surface area contributed by atoms with Gasteiger partial charge in [0.05, 0.1) is 23.8 Å². The molecule has 0 radical (unpaired) electrons. The van der Waals surface area contributed by atoms with E-state index in [1.807, 2.05) is 41.1 Å². The molecule has 158 valence electrons. The van der Waals surface area contributed by atoms with Crippen LogP contribution < -0.4 is 0 Å². The van der Waals surface area contributed by atoms with Crippen LogP contribution in [0.1, 0.15) is 21.5 Å². The third-order valence-corrected chi connectivity index (χ3v) is 5.20. The summed E-state index contributed by atoms with van der Waals surface area (Å²) in [6.07, 6.45) is 1.31. The molecule has 0 saturated carbocycles. The number of phenols is 2. The summed E-state index contributed by atoms with van der Waals surface area (Å²) in [7, 11) is 0. The fourth-order valence-electron chi connectivity index (χ4n) is 3.65. The van der Waals surface area contributed by atoms with Crippen LogP contribution in [0.4, 0.5) is 0 Å². The van der Waals surface area contributed by atoms with E-state index >= 15 is 0 Å². The van der Waals surface area contributed by atoms with Gasteiger partial charge in [0.1, 0.15) is 18.1 Å². The van der Waals surface area contributed by atoms with Gasteiger partial charge in [-0.3, -0.25) is 0 Å². The maximum absolute atomic E-state index is 12.1. The van der Waals surface area contributed by atoms with Crippen LogP contribution in [0.25, 0.3) is 10.9 Å². The third-order valence-electron chi connectivity index (χ3n) is 5.20. The Labute approximate surface area is 179 Å². The number of para-hydroxylation sites is 1. The molecule has 3 N–H and O–H groups in total. The first kappa shape index (κ1) is 20.5. The van der Waals surface area contributed by atoms with E-state index in [1.54, 1.807) is 30.3 Å². The van der Waals surface area contributed by atoms with Gasteiger partial charge >= 0.3 is 5.97 Å². The van der Waals surface area contributed by atoms with Gasteiger partial charge in [-0.05, 0) is 35.9 Å². The van der Waals surface area contributed by atoms with Gasteiger partial charge in [0.2, 0.25) is 0 Å². The summed E-state index contributed by atoms with van der Waals surface area (Å²) in [5.41, 5.74) is 2.66. The van der Waals surface area contributed by atoms with Crippen molar-refractivity contribution in [1.82, 2.24) is 4.57 Å². The van der Waals surface area contributed by atoms with E-state index in [-0.39, 0.29) is 24.7 Å². The minimum Gasteiger partial charge on any atom is -0.507 e. The lowest BCUT2D eigenvalue weighted by Gasteiger charge is -2.11. The third kappa shape index (κ3) is 4.54. The molecule has 0 unspecified atom stereocenters. The predicted molar refractivity (Wildman–Crippen MR) is 117 cm³/mol. The number of aromatic nitrogens is 1. The molecule has 0 amide bonds. The first-order valence-electron chi connectivity index (χ1n) is 9.99. The fourth-order valence-corrected chi connectivity index (χ4v) is 3.65. The molecule has 1 heterocycles. The molecule has 6 nitrogen and oxygen atoms in total. The number of benzene rings is 3. The normalized spacial score (nSPS) is 12.0. The Hall–Kier alpha value is -3.77. The number of carbonyl (C=O) groups excluding carboxylic acids is 1. The summed E-state index contributed by atoms with van der Waals surface area (Å²) in [6, 6.07) is 21.0. The molecule has 0 fully saturated rings. The monoisotopic (exact) mass is 417 g/mol. The SMILES string of the molecule is O=C(OC[C@@H](O)Cc1cn(Cc2c(O)cccc2O)c2ccccc12)c1ccccc1. The van der Waals surface area contributed by atoms with Crippen LogP contribution in [0.3, 0.4) is 0 Å². The van der Waals surface area contributed by atoms with Crippen molar-refractivity contribution in [2.24, 2.45) is 0 Å². The van der Waals surface area contributed by atoms with E-state index in [1.165, 1.54) is 12.1 Å². The van der Waals surface area contributed by atoms with Gasteiger partial charge < -0.3 is 24.6 Å². The van der Waals surface area contributed by atoms with Crippen molar-refractivity contribution >= 4 is 16.9 Å². The first-order chi connectivity index (χ1) is 15.0. The second-order valence-electron chi connectivity index (χ2n) is 7.40. The van der Waals surface area contributed by atoms with Gasteiger partial charge in [0.15, 0.2) is 0 Å². The molecule has 1 atom stereocenters. The molecule has 4 rings (SSSR count). The minimum atomic E-state index is -0.870. The van der Waals surface area contributed by atoms with Crippen LogP contribution in [-0.2, 0) is 17.7 Å². The van der Waals surface area contributed by atoms with Crippen molar-refractivity contribution in [3.8, 4) is 11.5 Å². The standard InChI is InChI=1S/C25H23NO5/c27-19(16-31-25(30)17-7-2-1-3-8-17)13-18-14-26(22-10-5-4-9-20(18)22)15-21-23(28)11-6-12-24(21)29/h1-12,14,19,27-29H,13,15-16H2/t19-/m0/s1. The number of ether oxygens (including phenoxy) is 1. The number of rotatable bonds is 7. The van der Waals surface area contributed by atoms with Gasteiger partial charge in [-0.1, -0.05) is 42.5 Å². The number of esters is 1. The number of nitrogens with zero attached hydrogens (tertiary/aromatic N) is 1. The molecule has 1 aromatic heterocycles. The number of aliphatic hydroxyl groups excluding tert-OH is 1. The van der Waals surface area contributed by atoms with Crippen molar-refractivity contribution < 1.29 is 24.9 Å². The number of hydrogen-bond acceptors (Lipinski definition) is 5. The van der Waals surface area contributed by atoms with Gasteiger partial charge in [0, 0.05) is 23.5 Å². The van der Waals surface area contributed by atoms with Crippen molar-refractivity contribution in [3.05, 3.63) is 95.7 Å². The summed E-state index contributed by atoms with van der Waals surface area (Å²) in [6.45, 7) is 0.158. The molecule has 6 heteroatoms. The molecule has 0 aliphatic heterocycles. The highest BCUT2D eigenvalue weighted by Gasteiger charge is 2.16. The Morgan fingerprint density at radius 2 is 1.58 bits per heavy atom. The van der Waals surface area contributed by atoms with E-state index in [0.29, 0.717) is 17.5 Å². The lowest BCUT2D eigenvalue weighted by Crippen LogP contribution is -2.20. The van der Waals surface area contributed by atoms with Gasteiger partial charge in [-0.2, -0.15) is 0 Å². The van der Waals surface area contributed by atoms with Crippen molar-refractivity contribution in [1.29, 1.82) is 0 Å². The number of carbonyl (C=O) groups is 1. The summed E-state index contributed by atoms with van der Waals surface area (Å²) in [4.78, 5) is 12.1. The smallest absolute Gasteiger partial charge is 0.338 e. The van der Waals surface area contributed by atoms with Crippen LogP contribution in [0.2, 0.25) is 0 Å². The average Bonchev–Trinajstić information content (AvgIpc) is 3.12. The van der Waals surface area contributed by atoms with Gasteiger partial charge in [-0.25, -0.2) is 4.79 Å². The highest BCUT2D eigenvalue weighted by molar-refractivity contribution is 5.89. The van der Waals surface area contributed by atoms with Crippen LogP contribution in [0.5, 0.6) is 11.5 Å². The molecule has 0 aliphatic carbocycles. The van der Waals surface area contributed by atoms with Crippen molar-refractivity contribution in [2.75, 3.05) is 6.61 Å². The molecular formula is C25H23NO5. The molecule has 3 aromatic carbocycles. The van der Waals surface area contributed by atoms with Crippen molar-refractivity contribution in [2.45, 2.75) is 19.1 Å². The first-order valence-corrected chi connectivity index (χ1v) is 9.99. The maximum atomic E-state index is 12.1. The lowest BCUT2D eigenvalue weighted by atomic mass is 10.1. The molecule has 0 spiro atoms. The summed E-state index contributed by atoms with van der Waals surface area (Å²) >= 11 is 0. The molecule has 31 heavy (non-hydrogen) atoms. The topological polar surface area (TPSA) is 91.9 Å². The summed E-state index contributed by atoms with van der Waals surface area (Å²) in [5.74, 6) is -0.434. The summed E-state index contributed by atoms with van der Waals surface area (Å²) in [5, 5.41) is 31.7. The Kier molecular flexibility index (Phi) is 5.91. The number of fused-ring (bicyclic) bond motifs is 1. The highest BCUT2D eigenvalue weighted by Crippen LogP contribution is 2.30. The average molecular weight is 417 g/mol. The van der Waals surface area contributed by atoms with Crippen molar-refractivity contribution in [3.63, 3.8) is 0 Å². The summed E-state index contributed by atoms with van der Waals surface area (Å²) < 4.78 is 7.16. The van der Waals surface area contributed by atoms with E-state index in [9.17, 15) is 20.1 Å². The number of hydrogen-bond donors (Lipinski definition) is 3. The largest absolute Gasteiger partial charge is 0.507 e. The van der Waals surface area contributed by atoms with Crippen LogP contribution in [0.15, 0.2) is 79.0 Å². The minimum absolute atomic E-state index is 0.0205. The molecule has 0 aliphatic rings. The fraction of sp³-hybridized carbons (Fsp3) is 0.160. The lowest BCUT2D eigenvalue weighted by molar-refractivity contribution is 0.0259. The zero-order chi connectivity index (χ0) is 21.8. The Morgan fingerprint density at radius 1 is 0.903 bits per heavy atom. The van der Waals surface area contributed by atoms with E-state index in [0.717, 1.165) is 16.5 Å². The maximum Gasteiger partial charge on any atom is 0.338 e. The Morgan fingerprint density at radius 3 is 2.32 bits per heavy atom. The quantitative estimate of drug-likeness (QED) is 0.397. The Balaban J connectivity index is 1.51. The number of phenolic OH excluding ortho intramolecular Hbond substituents is 2. The highest BCUT2D eigenvalue weighted by atomic mass is 16.5.